The van der Waals surface area contributed by atoms with Crippen LogP contribution < -0.4 is 0 Å². The van der Waals surface area contributed by atoms with E-state index in [9.17, 15) is 4.79 Å². The van der Waals surface area contributed by atoms with Crippen LogP contribution in [0.15, 0.2) is 24.3 Å². The second-order valence-corrected chi connectivity index (χ2v) is 5.15. The summed E-state index contributed by atoms with van der Waals surface area (Å²) in [6.07, 6.45) is 0. The molecule has 0 bridgehead atoms. The van der Waals surface area contributed by atoms with Crippen molar-refractivity contribution in [3.05, 3.63) is 35.4 Å². The van der Waals surface area contributed by atoms with Crippen LogP contribution in [0.3, 0.4) is 0 Å². The molecule has 0 saturated carbocycles. The smallest absolute Gasteiger partial charge is 0.319 e. The molecule has 3 nitrogen and oxygen atoms in total. The standard InChI is InChI=1S/C15H21NO2/c1-5-18-14(17)15(10-16(4)12(15)3)13-8-6-11(2)7-9-13/h6-9,12H,5,10H2,1-4H3. The number of benzene rings is 1. The SMILES string of the molecule is CCOC(=O)C1(c2ccc(C)cc2)CN(C)C1C. The van der Waals surface area contributed by atoms with Crippen LogP contribution in [-0.2, 0) is 14.9 Å². The highest BCUT2D eigenvalue weighted by Crippen LogP contribution is 2.41. The van der Waals surface area contributed by atoms with Gasteiger partial charge in [-0.15, -0.1) is 0 Å². The molecular weight excluding hydrogens is 226 g/mol. The van der Waals surface area contributed by atoms with Gasteiger partial charge in [0.1, 0.15) is 5.41 Å². The Kier molecular flexibility index (Phi) is 3.44. The topological polar surface area (TPSA) is 29.5 Å². The lowest BCUT2D eigenvalue weighted by molar-refractivity contribution is -0.161. The average molecular weight is 247 g/mol. The molecule has 3 heteroatoms. The third kappa shape index (κ3) is 1.83. The van der Waals surface area contributed by atoms with E-state index in [0.29, 0.717) is 6.61 Å². The first-order valence-corrected chi connectivity index (χ1v) is 6.47. The maximum absolute atomic E-state index is 12.3. The molecule has 0 N–H and O–H groups in total. The van der Waals surface area contributed by atoms with Gasteiger partial charge in [-0.2, -0.15) is 0 Å². The van der Waals surface area contributed by atoms with Gasteiger partial charge in [-0.05, 0) is 33.4 Å². The average Bonchev–Trinajstić information content (AvgIpc) is 2.36. The van der Waals surface area contributed by atoms with Crippen molar-refractivity contribution in [1.82, 2.24) is 4.90 Å². The first-order chi connectivity index (χ1) is 8.52. The number of carbonyl (C=O) groups excluding carboxylic acids is 1. The van der Waals surface area contributed by atoms with Crippen LogP contribution in [0.25, 0.3) is 0 Å². The summed E-state index contributed by atoms with van der Waals surface area (Å²) in [5.41, 5.74) is 1.79. The van der Waals surface area contributed by atoms with E-state index in [2.05, 4.69) is 43.0 Å². The zero-order valence-electron chi connectivity index (χ0n) is 11.6. The van der Waals surface area contributed by atoms with Crippen LogP contribution in [0.5, 0.6) is 0 Å². The van der Waals surface area contributed by atoms with Crippen LogP contribution in [0.1, 0.15) is 25.0 Å². The van der Waals surface area contributed by atoms with Gasteiger partial charge in [0.15, 0.2) is 0 Å². The number of ether oxygens (including phenoxy) is 1. The van der Waals surface area contributed by atoms with Crippen molar-refractivity contribution >= 4 is 5.97 Å². The number of nitrogens with zero attached hydrogens (tertiary/aromatic N) is 1. The number of esters is 1. The van der Waals surface area contributed by atoms with Crippen LogP contribution in [0, 0.1) is 6.92 Å². The Bertz CT molecular complexity index is 440. The van der Waals surface area contributed by atoms with Crippen molar-refractivity contribution in [2.24, 2.45) is 0 Å². The summed E-state index contributed by atoms with van der Waals surface area (Å²) < 4.78 is 5.29. The number of likely N-dealkylation sites (N-methyl/N-ethyl adjacent to an activating group) is 1. The zero-order valence-corrected chi connectivity index (χ0v) is 11.6. The molecule has 1 heterocycles. The van der Waals surface area contributed by atoms with Crippen molar-refractivity contribution in [2.45, 2.75) is 32.2 Å². The molecule has 1 aliphatic heterocycles. The number of rotatable bonds is 3. The lowest BCUT2D eigenvalue weighted by Crippen LogP contribution is -2.68. The summed E-state index contributed by atoms with van der Waals surface area (Å²) in [6.45, 7) is 7.16. The highest BCUT2D eigenvalue weighted by molar-refractivity contribution is 5.86. The van der Waals surface area contributed by atoms with Crippen molar-refractivity contribution in [3.8, 4) is 0 Å². The van der Waals surface area contributed by atoms with Crippen molar-refractivity contribution in [3.63, 3.8) is 0 Å². The summed E-state index contributed by atoms with van der Waals surface area (Å²) in [6, 6.07) is 8.40. The molecule has 1 aromatic rings. The highest BCUT2D eigenvalue weighted by Gasteiger charge is 2.56. The fourth-order valence-corrected chi connectivity index (χ4v) is 2.72. The van der Waals surface area contributed by atoms with Crippen LogP contribution in [0.4, 0.5) is 0 Å². The zero-order chi connectivity index (χ0) is 13.3. The monoisotopic (exact) mass is 247 g/mol. The molecule has 18 heavy (non-hydrogen) atoms. The summed E-state index contributed by atoms with van der Waals surface area (Å²) in [5.74, 6) is -0.0977. The Morgan fingerprint density at radius 2 is 2.06 bits per heavy atom. The molecule has 1 aromatic carbocycles. The molecule has 2 atom stereocenters. The van der Waals surface area contributed by atoms with Crippen molar-refractivity contribution in [1.29, 1.82) is 0 Å². The molecule has 2 unspecified atom stereocenters. The summed E-state index contributed by atoms with van der Waals surface area (Å²) in [4.78, 5) is 14.5. The molecule has 1 fully saturated rings. The molecule has 0 aromatic heterocycles. The van der Waals surface area contributed by atoms with Crippen molar-refractivity contribution in [2.75, 3.05) is 20.2 Å². The lowest BCUT2D eigenvalue weighted by atomic mass is 9.67. The third-order valence-electron chi connectivity index (χ3n) is 4.08. The molecule has 0 radical (unpaired) electrons. The molecule has 0 amide bonds. The fourth-order valence-electron chi connectivity index (χ4n) is 2.72. The Balaban J connectivity index is 2.37. The second-order valence-electron chi connectivity index (χ2n) is 5.15. The van der Waals surface area contributed by atoms with Gasteiger partial charge >= 0.3 is 5.97 Å². The molecule has 0 spiro atoms. The Morgan fingerprint density at radius 1 is 1.44 bits per heavy atom. The Labute approximate surface area is 109 Å². The van der Waals surface area contributed by atoms with Gasteiger partial charge in [0, 0.05) is 12.6 Å². The van der Waals surface area contributed by atoms with E-state index in [1.165, 1.54) is 5.56 Å². The molecule has 1 saturated heterocycles. The maximum atomic E-state index is 12.3. The second kappa shape index (κ2) is 4.73. The summed E-state index contributed by atoms with van der Waals surface area (Å²) >= 11 is 0. The number of hydrogen-bond acceptors (Lipinski definition) is 3. The van der Waals surface area contributed by atoms with Gasteiger partial charge in [0.2, 0.25) is 0 Å². The van der Waals surface area contributed by atoms with E-state index in [1.54, 1.807) is 0 Å². The number of carbonyl (C=O) groups is 1. The van der Waals surface area contributed by atoms with Crippen LogP contribution >= 0.6 is 0 Å². The van der Waals surface area contributed by atoms with E-state index in [-0.39, 0.29) is 12.0 Å². The normalized spacial score (nSPS) is 27.7. The highest BCUT2D eigenvalue weighted by atomic mass is 16.5. The number of hydrogen-bond donors (Lipinski definition) is 0. The number of likely N-dealkylation sites (tertiary alicyclic amines) is 1. The number of aryl methyl sites for hydroxylation is 1. The molecule has 0 aliphatic carbocycles. The van der Waals surface area contributed by atoms with E-state index < -0.39 is 5.41 Å². The van der Waals surface area contributed by atoms with Gasteiger partial charge < -0.3 is 9.64 Å². The summed E-state index contributed by atoms with van der Waals surface area (Å²) in [7, 11) is 2.04. The van der Waals surface area contributed by atoms with E-state index >= 15 is 0 Å². The molecular formula is C15H21NO2. The van der Waals surface area contributed by atoms with Gasteiger partial charge in [-0.3, -0.25) is 4.79 Å². The quantitative estimate of drug-likeness (QED) is 0.766. The minimum atomic E-state index is -0.488. The van der Waals surface area contributed by atoms with Crippen LogP contribution in [0.2, 0.25) is 0 Å². The van der Waals surface area contributed by atoms with Crippen LogP contribution in [-0.4, -0.2) is 37.1 Å². The molecule has 2 rings (SSSR count). The van der Waals surface area contributed by atoms with E-state index in [0.717, 1.165) is 12.1 Å². The van der Waals surface area contributed by atoms with Gasteiger partial charge in [0.25, 0.3) is 0 Å². The van der Waals surface area contributed by atoms with Gasteiger partial charge in [-0.1, -0.05) is 29.8 Å². The Morgan fingerprint density at radius 3 is 2.50 bits per heavy atom. The molecule has 98 valence electrons. The van der Waals surface area contributed by atoms with Crippen molar-refractivity contribution < 1.29 is 9.53 Å². The summed E-state index contributed by atoms with van der Waals surface area (Å²) in [5, 5.41) is 0. The van der Waals surface area contributed by atoms with E-state index in [4.69, 9.17) is 4.74 Å². The third-order valence-corrected chi connectivity index (χ3v) is 4.08. The predicted octanol–water partition coefficient (Wildman–Crippen LogP) is 2.13. The van der Waals surface area contributed by atoms with E-state index in [1.807, 2.05) is 14.0 Å². The molecule has 1 aliphatic rings. The lowest BCUT2D eigenvalue weighted by Gasteiger charge is -2.53. The first-order valence-electron chi connectivity index (χ1n) is 6.47. The van der Waals surface area contributed by atoms with Gasteiger partial charge in [0.05, 0.1) is 6.61 Å². The first kappa shape index (κ1) is 13.1. The van der Waals surface area contributed by atoms with Gasteiger partial charge in [-0.25, -0.2) is 0 Å². The minimum Gasteiger partial charge on any atom is -0.465 e. The maximum Gasteiger partial charge on any atom is 0.319 e. The Hall–Kier alpha value is -1.35. The minimum absolute atomic E-state index is 0.0977. The fraction of sp³-hybridized carbons (Fsp3) is 0.533. The largest absolute Gasteiger partial charge is 0.465 e. The predicted molar refractivity (Wildman–Crippen MR) is 71.6 cm³/mol.